The summed E-state index contributed by atoms with van der Waals surface area (Å²) in [7, 11) is 0. The molecule has 0 fully saturated rings. The molecule has 0 saturated carbocycles. The highest BCUT2D eigenvalue weighted by molar-refractivity contribution is 6.33. The first-order chi connectivity index (χ1) is 14.1. The highest BCUT2D eigenvalue weighted by atomic mass is 35.5. The van der Waals surface area contributed by atoms with Crippen LogP contribution >= 0.6 is 11.6 Å². The van der Waals surface area contributed by atoms with Crippen molar-refractivity contribution in [1.29, 1.82) is 0 Å². The SMILES string of the molecule is CCN(CC)c1ccc(C(=O)OC(C)C(=O)Nc2cc(C(F)(F)F)ccc2Cl)cc1. The first-order valence-electron chi connectivity index (χ1n) is 9.30. The van der Waals surface area contributed by atoms with E-state index in [1.165, 1.54) is 6.92 Å². The Morgan fingerprint density at radius 2 is 1.70 bits per heavy atom. The van der Waals surface area contributed by atoms with Gasteiger partial charge in [0.05, 0.1) is 21.8 Å². The number of benzene rings is 2. The number of alkyl halides is 3. The molecule has 0 bridgehead atoms. The molecule has 9 heteroatoms. The second-order valence-electron chi connectivity index (χ2n) is 6.45. The molecule has 1 amide bonds. The summed E-state index contributed by atoms with van der Waals surface area (Å²) in [5.41, 5.74) is 0.0206. The van der Waals surface area contributed by atoms with Crippen molar-refractivity contribution in [1.82, 2.24) is 0 Å². The van der Waals surface area contributed by atoms with E-state index in [4.69, 9.17) is 16.3 Å². The monoisotopic (exact) mass is 442 g/mol. The van der Waals surface area contributed by atoms with E-state index in [2.05, 4.69) is 10.2 Å². The van der Waals surface area contributed by atoms with E-state index in [-0.39, 0.29) is 16.3 Å². The van der Waals surface area contributed by atoms with Crippen molar-refractivity contribution in [2.75, 3.05) is 23.3 Å². The molecule has 0 aromatic heterocycles. The van der Waals surface area contributed by atoms with Crippen molar-refractivity contribution < 1.29 is 27.5 Å². The van der Waals surface area contributed by atoms with Gasteiger partial charge in [-0.1, -0.05) is 11.6 Å². The maximum Gasteiger partial charge on any atom is 0.416 e. The molecule has 2 rings (SSSR count). The number of rotatable bonds is 7. The third kappa shape index (κ3) is 5.89. The van der Waals surface area contributed by atoms with Gasteiger partial charge >= 0.3 is 12.1 Å². The summed E-state index contributed by atoms with van der Waals surface area (Å²) >= 11 is 5.87. The molecule has 0 radical (unpaired) electrons. The number of amides is 1. The molecule has 0 aliphatic carbocycles. The van der Waals surface area contributed by atoms with Crippen molar-refractivity contribution in [3.8, 4) is 0 Å². The third-order valence-corrected chi connectivity index (χ3v) is 4.77. The van der Waals surface area contributed by atoms with E-state index in [0.717, 1.165) is 37.0 Å². The van der Waals surface area contributed by atoms with Crippen LogP contribution in [0.1, 0.15) is 36.7 Å². The summed E-state index contributed by atoms with van der Waals surface area (Å²) in [4.78, 5) is 26.7. The van der Waals surface area contributed by atoms with Crippen molar-refractivity contribution >= 4 is 34.9 Å². The lowest BCUT2D eigenvalue weighted by molar-refractivity contribution is -0.137. The Balaban J connectivity index is 2.04. The van der Waals surface area contributed by atoms with Crippen LogP contribution in [0, 0.1) is 0 Å². The Hall–Kier alpha value is -2.74. The van der Waals surface area contributed by atoms with Gasteiger partial charge in [0.15, 0.2) is 6.10 Å². The Kier molecular flexibility index (Phi) is 7.72. The summed E-state index contributed by atoms with van der Waals surface area (Å²) in [5.74, 6) is -1.52. The number of hydrogen-bond acceptors (Lipinski definition) is 4. The summed E-state index contributed by atoms with van der Waals surface area (Å²) in [6, 6.07) is 9.29. The fraction of sp³-hybridized carbons (Fsp3) is 0.333. The Morgan fingerprint density at radius 3 is 2.23 bits per heavy atom. The number of hydrogen-bond donors (Lipinski definition) is 1. The lowest BCUT2D eigenvalue weighted by Gasteiger charge is -2.21. The summed E-state index contributed by atoms with van der Waals surface area (Å²) in [5, 5.41) is 2.20. The fourth-order valence-electron chi connectivity index (χ4n) is 2.71. The number of nitrogens with zero attached hydrogens (tertiary/aromatic N) is 1. The molecular formula is C21H22ClF3N2O3. The lowest BCUT2D eigenvalue weighted by Crippen LogP contribution is -2.30. The minimum Gasteiger partial charge on any atom is -0.449 e. The number of esters is 1. The molecule has 0 aliphatic heterocycles. The van der Waals surface area contributed by atoms with Crippen molar-refractivity contribution in [3.63, 3.8) is 0 Å². The van der Waals surface area contributed by atoms with Crippen molar-refractivity contribution in [2.24, 2.45) is 0 Å². The van der Waals surface area contributed by atoms with Crippen LogP contribution in [0.15, 0.2) is 42.5 Å². The van der Waals surface area contributed by atoms with Crippen LogP contribution in [0.3, 0.4) is 0 Å². The zero-order valence-corrected chi connectivity index (χ0v) is 17.5. The molecule has 1 unspecified atom stereocenters. The second-order valence-corrected chi connectivity index (χ2v) is 6.86. The van der Waals surface area contributed by atoms with E-state index in [1.54, 1.807) is 24.3 Å². The van der Waals surface area contributed by atoms with Gasteiger partial charge in [0.25, 0.3) is 5.91 Å². The van der Waals surface area contributed by atoms with Gasteiger partial charge in [-0.25, -0.2) is 4.79 Å². The highest BCUT2D eigenvalue weighted by Gasteiger charge is 2.31. The maximum absolute atomic E-state index is 12.9. The zero-order valence-electron chi connectivity index (χ0n) is 16.7. The number of nitrogens with one attached hydrogen (secondary N) is 1. The Morgan fingerprint density at radius 1 is 1.10 bits per heavy atom. The number of carbonyl (C=O) groups is 2. The van der Waals surface area contributed by atoms with E-state index in [0.29, 0.717) is 0 Å². The van der Waals surface area contributed by atoms with Gasteiger partial charge in [-0.05, 0) is 63.2 Å². The van der Waals surface area contributed by atoms with Gasteiger partial charge in [-0.15, -0.1) is 0 Å². The quantitative estimate of drug-likeness (QED) is 0.584. The summed E-state index contributed by atoms with van der Waals surface area (Å²) in [6.07, 6.45) is -5.83. The summed E-state index contributed by atoms with van der Waals surface area (Å²) < 4.78 is 43.7. The van der Waals surface area contributed by atoms with Gasteiger partial charge < -0.3 is 15.0 Å². The molecule has 30 heavy (non-hydrogen) atoms. The van der Waals surface area contributed by atoms with E-state index in [1.807, 2.05) is 13.8 Å². The highest BCUT2D eigenvalue weighted by Crippen LogP contribution is 2.33. The van der Waals surface area contributed by atoms with Crippen LogP contribution in [-0.4, -0.2) is 31.1 Å². The van der Waals surface area contributed by atoms with Gasteiger partial charge in [-0.2, -0.15) is 13.2 Å². The minimum absolute atomic E-state index is 0.0677. The number of anilines is 2. The first kappa shape index (κ1) is 23.5. The zero-order chi connectivity index (χ0) is 22.5. The standard InChI is InChI=1S/C21H22ClF3N2O3/c1-4-27(5-2)16-9-6-14(7-10-16)20(29)30-13(3)19(28)26-18-12-15(21(23,24)25)8-11-17(18)22/h6-13H,4-5H2,1-3H3,(H,26,28). The largest absolute Gasteiger partial charge is 0.449 e. The smallest absolute Gasteiger partial charge is 0.416 e. The van der Waals surface area contributed by atoms with Crippen LogP contribution in [0.4, 0.5) is 24.5 Å². The van der Waals surface area contributed by atoms with E-state index in [9.17, 15) is 22.8 Å². The topological polar surface area (TPSA) is 58.6 Å². The molecule has 2 aromatic rings. The molecule has 0 spiro atoms. The molecular weight excluding hydrogens is 421 g/mol. The average Bonchev–Trinajstić information content (AvgIpc) is 2.70. The fourth-order valence-corrected chi connectivity index (χ4v) is 2.88. The van der Waals surface area contributed by atoms with Crippen molar-refractivity contribution in [3.05, 3.63) is 58.6 Å². The predicted molar refractivity (Wildman–Crippen MR) is 110 cm³/mol. The summed E-state index contributed by atoms with van der Waals surface area (Å²) in [6.45, 7) is 6.98. The molecule has 1 atom stereocenters. The number of halogens is 4. The second kappa shape index (κ2) is 9.84. The van der Waals surface area contributed by atoms with Gasteiger partial charge in [-0.3, -0.25) is 4.79 Å². The Labute approximate surface area is 177 Å². The van der Waals surface area contributed by atoms with Crippen LogP contribution < -0.4 is 10.2 Å². The lowest BCUT2D eigenvalue weighted by atomic mass is 10.2. The normalized spacial score (nSPS) is 12.2. The molecule has 0 saturated heterocycles. The number of carbonyl (C=O) groups excluding carboxylic acids is 2. The van der Waals surface area contributed by atoms with Crippen LogP contribution in [0.25, 0.3) is 0 Å². The average molecular weight is 443 g/mol. The van der Waals surface area contributed by atoms with Gasteiger partial charge in [0.2, 0.25) is 0 Å². The Bertz CT molecular complexity index is 897. The van der Waals surface area contributed by atoms with Crippen LogP contribution in [0.5, 0.6) is 0 Å². The van der Waals surface area contributed by atoms with Crippen LogP contribution in [0.2, 0.25) is 5.02 Å². The minimum atomic E-state index is -4.58. The molecule has 162 valence electrons. The first-order valence-corrected chi connectivity index (χ1v) is 9.68. The molecule has 5 nitrogen and oxygen atoms in total. The molecule has 2 aromatic carbocycles. The molecule has 0 aliphatic rings. The van der Waals surface area contributed by atoms with E-state index >= 15 is 0 Å². The predicted octanol–water partition coefficient (Wildman–Crippen LogP) is 5.39. The van der Waals surface area contributed by atoms with Crippen molar-refractivity contribution in [2.45, 2.75) is 33.1 Å². The number of ether oxygens (including phenoxy) is 1. The van der Waals surface area contributed by atoms with Gasteiger partial charge in [0, 0.05) is 18.8 Å². The third-order valence-electron chi connectivity index (χ3n) is 4.44. The van der Waals surface area contributed by atoms with E-state index < -0.39 is 29.7 Å². The molecule has 1 N–H and O–H groups in total. The molecule has 0 heterocycles. The maximum atomic E-state index is 12.9. The van der Waals surface area contributed by atoms with Gasteiger partial charge in [0.1, 0.15) is 0 Å². The van der Waals surface area contributed by atoms with Crippen LogP contribution in [-0.2, 0) is 15.7 Å².